The molecule has 0 bridgehead atoms. The van der Waals surface area contributed by atoms with Gasteiger partial charge in [-0.3, -0.25) is 0 Å². The summed E-state index contributed by atoms with van der Waals surface area (Å²) in [6.07, 6.45) is 5.31. The van der Waals surface area contributed by atoms with Crippen molar-refractivity contribution in [2.75, 3.05) is 13.1 Å². The van der Waals surface area contributed by atoms with Gasteiger partial charge in [-0.2, -0.15) is 0 Å². The zero-order valence-electron chi connectivity index (χ0n) is 10.4. The number of piperidine rings is 1. The van der Waals surface area contributed by atoms with Crippen molar-refractivity contribution in [3.8, 4) is 11.1 Å². The molecule has 1 N–H and O–H groups in total. The Labute approximate surface area is 107 Å². The summed E-state index contributed by atoms with van der Waals surface area (Å²) in [6, 6.07) is 10.4. The summed E-state index contributed by atoms with van der Waals surface area (Å²) >= 11 is 0. The largest absolute Gasteiger partial charge is 0.361 e. The van der Waals surface area contributed by atoms with Crippen LogP contribution in [0.4, 0.5) is 0 Å². The average molecular weight is 242 g/mol. The van der Waals surface area contributed by atoms with Crippen LogP contribution in [0.5, 0.6) is 0 Å². The molecule has 1 fully saturated rings. The van der Waals surface area contributed by atoms with Gasteiger partial charge in [0.05, 0.1) is 6.20 Å². The molecule has 0 unspecified atom stereocenters. The van der Waals surface area contributed by atoms with Gasteiger partial charge in [0, 0.05) is 12.0 Å². The first-order valence-corrected chi connectivity index (χ1v) is 6.63. The maximum atomic E-state index is 5.45. The van der Waals surface area contributed by atoms with E-state index in [-0.39, 0.29) is 0 Å². The summed E-state index contributed by atoms with van der Waals surface area (Å²) < 4.78 is 5.45. The Hall–Kier alpha value is -1.61. The Morgan fingerprint density at radius 2 is 1.94 bits per heavy atom. The van der Waals surface area contributed by atoms with Gasteiger partial charge in [0.25, 0.3) is 0 Å². The Morgan fingerprint density at radius 3 is 2.72 bits per heavy atom. The third-order valence-electron chi connectivity index (χ3n) is 3.66. The first-order valence-electron chi connectivity index (χ1n) is 6.63. The third kappa shape index (κ3) is 2.46. The molecule has 3 rings (SSSR count). The van der Waals surface area contributed by atoms with Crippen LogP contribution in [0.25, 0.3) is 11.1 Å². The number of benzene rings is 1. The van der Waals surface area contributed by atoms with Crippen molar-refractivity contribution < 1.29 is 4.52 Å². The SMILES string of the molecule is c1ccc(-c2cnoc2CC2CCNCC2)cc1. The zero-order valence-corrected chi connectivity index (χ0v) is 10.4. The van der Waals surface area contributed by atoms with E-state index in [1.807, 2.05) is 12.3 Å². The number of aromatic nitrogens is 1. The number of nitrogens with one attached hydrogen (secondary N) is 1. The van der Waals surface area contributed by atoms with Gasteiger partial charge in [0.1, 0.15) is 5.76 Å². The highest BCUT2D eigenvalue weighted by Crippen LogP contribution is 2.27. The first-order chi connectivity index (χ1) is 8.93. The minimum absolute atomic E-state index is 0.724. The summed E-state index contributed by atoms with van der Waals surface area (Å²) in [6.45, 7) is 2.25. The molecular formula is C15H18N2O. The number of nitrogens with zero attached hydrogens (tertiary/aromatic N) is 1. The fourth-order valence-electron chi connectivity index (χ4n) is 2.61. The predicted molar refractivity (Wildman–Crippen MR) is 71.2 cm³/mol. The van der Waals surface area contributed by atoms with Gasteiger partial charge >= 0.3 is 0 Å². The third-order valence-corrected chi connectivity index (χ3v) is 3.66. The number of rotatable bonds is 3. The van der Waals surface area contributed by atoms with Crippen LogP contribution in [-0.4, -0.2) is 18.2 Å². The lowest BCUT2D eigenvalue weighted by Gasteiger charge is -2.21. The second kappa shape index (κ2) is 5.36. The van der Waals surface area contributed by atoms with Crippen LogP contribution in [-0.2, 0) is 6.42 Å². The summed E-state index contributed by atoms with van der Waals surface area (Å²) in [4.78, 5) is 0. The van der Waals surface area contributed by atoms with Crippen molar-refractivity contribution in [1.82, 2.24) is 10.5 Å². The van der Waals surface area contributed by atoms with Crippen molar-refractivity contribution >= 4 is 0 Å². The Balaban J connectivity index is 1.79. The van der Waals surface area contributed by atoms with Crippen LogP contribution in [0.1, 0.15) is 18.6 Å². The molecule has 18 heavy (non-hydrogen) atoms. The molecule has 0 saturated carbocycles. The van der Waals surface area contributed by atoms with E-state index in [1.54, 1.807) is 0 Å². The maximum absolute atomic E-state index is 5.45. The van der Waals surface area contributed by atoms with Crippen molar-refractivity contribution in [3.05, 3.63) is 42.3 Å². The second-order valence-corrected chi connectivity index (χ2v) is 4.93. The van der Waals surface area contributed by atoms with Gasteiger partial charge in [-0.25, -0.2) is 0 Å². The van der Waals surface area contributed by atoms with Gasteiger partial charge in [-0.05, 0) is 37.4 Å². The highest BCUT2D eigenvalue weighted by Gasteiger charge is 2.18. The lowest BCUT2D eigenvalue weighted by molar-refractivity contribution is 0.319. The van der Waals surface area contributed by atoms with E-state index < -0.39 is 0 Å². The number of hydrogen-bond acceptors (Lipinski definition) is 3. The van der Waals surface area contributed by atoms with Gasteiger partial charge in [0.15, 0.2) is 0 Å². The van der Waals surface area contributed by atoms with Crippen LogP contribution >= 0.6 is 0 Å². The Bertz CT molecular complexity index is 486. The molecule has 0 atom stereocenters. The second-order valence-electron chi connectivity index (χ2n) is 4.93. The molecular weight excluding hydrogens is 224 g/mol. The minimum Gasteiger partial charge on any atom is -0.361 e. The molecule has 0 aliphatic carbocycles. The van der Waals surface area contributed by atoms with Crippen molar-refractivity contribution in [3.63, 3.8) is 0 Å². The van der Waals surface area contributed by atoms with Crippen LogP contribution in [0.2, 0.25) is 0 Å². The van der Waals surface area contributed by atoms with Crippen LogP contribution in [0, 0.1) is 5.92 Å². The minimum atomic E-state index is 0.724. The molecule has 0 amide bonds. The van der Waals surface area contributed by atoms with E-state index in [0.717, 1.165) is 36.8 Å². The molecule has 2 aromatic rings. The fourth-order valence-corrected chi connectivity index (χ4v) is 2.61. The van der Waals surface area contributed by atoms with E-state index in [4.69, 9.17) is 4.52 Å². The molecule has 3 heteroatoms. The van der Waals surface area contributed by atoms with E-state index in [9.17, 15) is 0 Å². The fraction of sp³-hybridized carbons (Fsp3) is 0.400. The van der Waals surface area contributed by atoms with Gasteiger partial charge in [-0.1, -0.05) is 35.5 Å². The highest BCUT2D eigenvalue weighted by atomic mass is 16.5. The Morgan fingerprint density at radius 1 is 1.17 bits per heavy atom. The molecule has 1 saturated heterocycles. The molecule has 94 valence electrons. The summed E-state index contributed by atoms with van der Waals surface area (Å²) in [5.41, 5.74) is 2.34. The highest BCUT2D eigenvalue weighted by molar-refractivity contribution is 5.64. The van der Waals surface area contributed by atoms with Crippen molar-refractivity contribution in [2.24, 2.45) is 5.92 Å². The monoisotopic (exact) mass is 242 g/mol. The molecule has 1 aromatic carbocycles. The van der Waals surface area contributed by atoms with Crippen LogP contribution in [0.3, 0.4) is 0 Å². The van der Waals surface area contributed by atoms with E-state index in [2.05, 4.69) is 34.7 Å². The molecule has 1 aromatic heterocycles. The topological polar surface area (TPSA) is 38.1 Å². The summed E-state index contributed by atoms with van der Waals surface area (Å²) in [5, 5.41) is 7.37. The summed E-state index contributed by atoms with van der Waals surface area (Å²) in [5.74, 6) is 1.76. The van der Waals surface area contributed by atoms with Gasteiger partial charge in [0.2, 0.25) is 0 Å². The van der Waals surface area contributed by atoms with Gasteiger partial charge in [-0.15, -0.1) is 0 Å². The van der Waals surface area contributed by atoms with E-state index >= 15 is 0 Å². The standard InChI is InChI=1S/C15H18N2O/c1-2-4-13(5-3-1)14-11-17-18-15(14)10-12-6-8-16-9-7-12/h1-5,11-12,16H,6-10H2. The predicted octanol–water partition coefficient (Wildman–Crippen LogP) is 2.88. The zero-order chi connectivity index (χ0) is 12.2. The summed E-state index contributed by atoms with van der Waals surface area (Å²) in [7, 11) is 0. The molecule has 0 spiro atoms. The number of hydrogen-bond donors (Lipinski definition) is 1. The quantitative estimate of drug-likeness (QED) is 0.899. The molecule has 1 aliphatic rings. The van der Waals surface area contributed by atoms with E-state index in [0.29, 0.717) is 0 Å². The maximum Gasteiger partial charge on any atom is 0.144 e. The Kier molecular flexibility index (Phi) is 3.42. The van der Waals surface area contributed by atoms with Crippen molar-refractivity contribution in [1.29, 1.82) is 0 Å². The lowest BCUT2D eigenvalue weighted by Crippen LogP contribution is -2.28. The van der Waals surface area contributed by atoms with E-state index in [1.165, 1.54) is 18.4 Å². The normalized spacial score (nSPS) is 16.9. The smallest absolute Gasteiger partial charge is 0.144 e. The molecule has 1 aliphatic heterocycles. The van der Waals surface area contributed by atoms with Crippen LogP contribution < -0.4 is 5.32 Å². The molecule has 3 nitrogen and oxygen atoms in total. The average Bonchev–Trinajstić information content (AvgIpc) is 2.89. The van der Waals surface area contributed by atoms with Crippen LogP contribution in [0.15, 0.2) is 41.1 Å². The first kappa shape index (κ1) is 11.5. The van der Waals surface area contributed by atoms with Gasteiger partial charge < -0.3 is 9.84 Å². The molecule has 0 radical (unpaired) electrons. The molecule has 2 heterocycles. The lowest BCUT2D eigenvalue weighted by atomic mass is 9.91. The van der Waals surface area contributed by atoms with Crippen molar-refractivity contribution in [2.45, 2.75) is 19.3 Å².